The van der Waals surface area contributed by atoms with Gasteiger partial charge in [-0.05, 0) is 42.8 Å². The van der Waals surface area contributed by atoms with Crippen LogP contribution in [0.1, 0.15) is 10.4 Å². The predicted octanol–water partition coefficient (Wildman–Crippen LogP) is 4.52. The molecule has 0 bridgehead atoms. The van der Waals surface area contributed by atoms with Crippen LogP contribution in [0.3, 0.4) is 0 Å². The maximum Gasteiger partial charge on any atom is 0.239 e. The zero-order chi connectivity index (χ0) is 15.4. The fraction of sp³-hybridized carbons (Fsp3) is 0.267. The molecule has 1 heterocycles. The van der Waals surface area contributed by atoms with Gasteiger partial charge in [0.1, 0.15) is 5.88 Å². The van der Waals surface area contributed by atoms with Crippen LogP contribution in [0.2, 0.25) is 4.34 Å². The molecular weight excluding hydrogens is 327 g/mol. The lowest BCUT2D eigenvalue weighted by atomic mass is 10.1. The minimum atomic E-state index is -0.200. The Hall–Kier alpha value is -1.23. The molecule has 0 aliphatic rings. The molecule has 0 saturated carbocycles. The fourth-order valence-electron chi connectivity index (χ4n) is 1.97. The van der Waals surface area contributed by atoms with Gasteiger partial charge in [0.15, 0.2) is 0 Å². The summed E-state index contributed by atoms with van der Waals surface area (Å²) in [5.41, 5.74) is 2.87. The van der Waals surface area contributed by atoms with E-state index in [-0.39, 0.29) is 11.8 Å². The topological polar surface area (TPSA) is 32.3 Å². The summed E-state index contributed by atoms with van der Waals surface area (Å²) in [7, 11) is 2.03. The number of hydrogen-bond donors (Lipinski definition) is 1. The third kappa shape index (κ3) is 4.37. The largest absolute Gasteiger partial charge is 0.369 e. The van der Waals surface area contributed by atoms with Crippen molar-refractivity contribution in [2.45, 2.75) is 13.5 Å². The van der Waals surface area contributed by atoms with Crippen LogP contribution in [0.15, 0.2) is 30.3 Å². The number of rotatable bonds is 5. The lowest BCUT2D eigenvalue weighted by molar-refractivity contribution is -0.113. The first-order valence-corrected chi connectivity index (χ1v) is 8.14. The Morgan fingerprint density at radius 2 is 2.10 bits per heavy atom. The quantitative estimate of drug-likeness (QED) is 0.810. The van der Waals surface area contributed by atoms with Gasteiger partial charge in [-0.1, -0.05) is 11.6 Å². The van der Waals surface area contributed by atoms with Crippen LogP contribution >= 0.6 is 34.5 Å². The van der Waals surface area contributed by atoms with Gasteiger partial charge < -0.3 is 10.2 Å². The lowest BCUT2D eigenvalue weighted by Gasteiger charge is -2.20. The number of benzene rings is 1. The van der Waals surface area contributed by atoms with Crippen molar-refractivity contribution in [1.29, 1.82) is 0 Å². The molecule has 6 heteroatoms. The second-order valence-electron chi connectivity index (χ2n) is 4.74. The molecule has 1 N–H and O–H groups in total. The van der Waals surface area contributed by atoms with Gasteiger partial charge in [-0.3, -0.25) is 4.79 Å². The molecule has 0 aliphatic heterocycles. The molecule has 0 aliphatic carbocycles. The van der Waals surface area contributed by atoms with Crippen LogP contribution in [0.5, 0.6) is 0 Å². The van der Waals surface area contributed by atoms with Gasteiger partial charge in [0.25, 0.3) is 0 Å². The van der Waals surface area contributed by atoms with E-state index >= 15 is 0 Å². The van der Waals surface area contributed by atoms with E-state index in [0.29, 0.717) is 0 Å². The van der Waals surface area contributed by atoms with E-state index in [2.05, 4.69) is 10.2 Å². The fourth-order valence-corrected chi connectivity index (χ4v) is 3.18. The highest BCUT2D eigenvalue weighted by molar-refractivity contribution is 7.16. The second-order valence-corrected chi connectivity index (χ2v) is 6.81. The van der Waals surface area contributed by atoms with Crippen molar-refractivity contribution in [2.75, 3.05) is 23.1 Å². The van der Waals surface area contributed by atoms with Gasteiger partial charge in [0.2, 0.25) is 5.91 Å². The first-order valence-electron chi connectivity index (χ1n) is 6.41. The Balaban J connectivity index is 2.09. The van der Waals surface area contributed by atoms with E-state index in [1.807, 2.05) is 44.3 Å². The zero-order valence-electron chi connectivity index (χ0n) is 11.8. The first-order chi connectivity index (χ1) is 9.99. The number of carbonyl (C=O) groups excluding carboxylic acids is 1. The summed E-state index contributed by atoms with van der Waals surface area (Å²) in [4.78, 5) is 14.7. The molecule has 2 aromatic rings. The number of hydrogen-bond acceptors (Lipinski definition) is 3. The summed E-state index contributed by atoms with van der Waals surface area (Å²) in [6.07, 6.45) is 0. The van der Waals surface area contributed by atoms with Gasteiger partial charge in [-0.15, -0.1) is 22.9 Å². The molecule has 0 atom stereocenters. The van der Waals surface area contributed by atoms with Crippen LogP contribution in [0, 0.1) is 6.92 Å². The minimum Gasteiger partial charge on any atom is -0.369 e. The highest BCUT2D eigenvalue weighted by Crippen LogP contribution is 2.26. The molecule has 0 spiro atoms. The normalized spacial score (nSPS) is 10.5. The predicted molar refractivity (Wildman–Crippen MR) is 92.0 cm³/mol. The van der Waals surface area contributed by atoms with Crippen molar-refractivity contribution < 1.29 is 4.79 Å². The smallest absolute Gasteiger partial charge is 0.239 e. The van der Waals surface area contributed by atoms with Crippen LogP contribution < -0.4 is 10.2 Å². The van der Waals surface area contributed by atoms with Crippen molar-refractivity contribution in [3.8, 4) is 0 Å². The Morgan fingerprint density at radius 3 is 2.67 bits per heavy atom. The van der Waals surface area contributed by atoms with Gasteiger partial charge in [-0.2, -0.15) is 0 Å². The maximum absolute atomic E-state index is 11.3. The summed E-state index contributed by atoms with van der Waals surface area (Å²) < 4.78 is 0.800. The van der Waals surface area contributed by atoms with Crippen molar-refractivity contribution in [1.82, 2.24) is 0 Å². The average molecular weight is 343 g/mol. The minimum absolute atomic E-state index is 0.0414. The molecule has 2 rings (SSSR count). The molecule has 1 amide bonds. The van der Waals surface area contributed by atoms with Crippen LogP contribution in [0.25, 0.3) is 0 Å². The van der Waals surface area contributed by atoms with Gasteiger partial charge >= 0.3 is 0 Å². The van der Waals surface area contributed by atoms with E-state index < -0.39 is 0 Å². The number of nitrogens with zero attached hydrogens (tertiary/aromatic N) is 1. The summed E-state index contributed by atoms with van der Waals surface area (Å²) in [6.45, 7) is 2.76. The van der Waals surface area contributed by atoms with E-state index in [0.717, 1.165) is 27.8 Å². The summed E-state index contributed by atoms with van der Waals surface area (Å²) in [5.74, 6) is -0.241. The van der Waals surface area contributed by atoms with E-state index in [4.69, 9.17) is 23.2 Å². The van der Waals surface area contributed by atoms with Crippen LogP contribution in [-0.2, 0) is 11.3 Å². The third-order valence-electron chi connectivity index (χ3n) is 3.07. The van der Waals surface area contributed by atoms with Crippen molar-refractivity contribution in [3.05, 3.63) is 45.1 Å². The number of amides is 1. The summed E-state index contributed by atoms with van der Waals surface area (Å²) >= 11 is 13.0. The molecule has 1 aromatic carbocycles. The molecule has 112 valence electrons. The molecule has 0 saturated heterocycles. The van der Waals surface area contributed by atoms with E-state index in [1.54, 1.807) is 11.3 Å². The standard InChI is InChI=1S/C15H16Cl2N2OS/c1-10-7-11(3-5-13(10)18-15(20)8-16)19(2)9-12-4-6-14(17)21-12/h3-7H,8-9H2,1-2H3,(H,18,20). The highest BCUT2D eigenvalue weighted by Gasteiger charge is 2.08. The second kappa shape index (κ2) is 7.16. The van der Waals surface area contributed by atoms with Crippen molar-refractivity contribution in [2.24, 2.45) is 0 Å². The highest BCUT2D eigenvalue weighted by atomic mass is 35.5. The molecule has 0 unspecified atom stereocenters. The van der Waals surface area contributed by atoms with Gasteiger partial charge in [-0.25, -0.2) is 0 Å². The Labute approximate surface area is 138 Å². The lowest BCUT2D eigenvalue weighted by Crippen LogP contribution is -2.17. The van der Waals surface area contributed by atoms with Crippen LogP contribution in [0.4, 0.5) is 11.4 Å². The Kier molecular flexibility index (Phi) is 5.51. The molecule has 3 nitrogen and oxygen atoms in total. The number of carbonyl (C=O) groups is 1. The van der Waals surface area contributed by atoms with E-state index in [9.17, 15) is 4.79 Å². The first kappa shape index (κ1) is 16.1. The molecule has 21 heavy (non-hydrogen) atoms. The molecule has 0 fully saturated rings. The molecule has 0 radical (unpaired) electrons. The number of alkyl halides is 1. The molecule has 1 aromatic heterocycles. The number of thiophene rings is 1. The zero-order valence-corrected chi connectivity index (χ0v) is 14.1. The number of nitrogens with one attached hydrogen (secondary N) is 1. The van der Waals surface area contributed by atoms with Crippen LogP contribution in [-0.4, -0.2) is 18.8 Å². The summed E-state index contributed by atoms with van der Waals surface area (Å²) in [5, 5.41) is 2.77. The van der Waals surface area contributed by atoms with Gasteiger partial charge in [0.05, 0.1) is 10.9 Å². The van der Waals surface area contributed by atoms with Gasteiger partial charge in [0, 0.05) is 23.3 Å². The number of aryl methyl sites for hydroxylation is 1. The third-order valence-corrected chi connectivity index (χ3v) is 4.53. The number of anilines is 2. The molecular formula is C15H16Cl2N2OS. The van der Waals surface area contributed by atoms with E-state index in [1.165, 1.54) is 4.88 Å². The van der Waals surface area contributed by atoms with Crippen molar-refractivity contribution >= 4 is 51.8 Å². The SMILES string of the molecule is Cc1cc(N(C)Cc2ccc(Cl)s2)ccc1NC(=O)CCl. The number of halogens is 2. The monoisotopic (exact) mass is 342 g/mol. The average Bonchev–Trinajstić information content (AvgIpc) is 2.86. The maximum atomic E-state index is 11.3. The summed E-state index contributed by atoms with van der Waals surface area (Å²) in [6, 6.07) is 9.86. The van der Waals surface area contributed by atoms with Crippen molar-refractivity contribution in [3.63, 3.8) is 0 Å². The Morgan fingerprint density at radius 1 is 1.33 bits per heavy atom. The Bertz CT molecular complexity index is 642.